The second kappa shape index (κ2) is 5.15. The van der Waals surface area contributed by atoms with Crippen molar-refractivity contribution < 1.29 is 9.31 Å². The molecule has 1 heterocycles. The molecule has 0 bridgehead atoms. The highest BCUT2D eigenvalue weighted by Crippen LogP contribution is 2.27. The second-order valence-corrected chi connectivity index (χ2v) is 4.08. The van der Waals surface area contributed by atoms with E-state index in [0.29, 0.717) is 0 Å². The summed E-state index contributed by atoms with van der Waals surface area (Å²) in [5.41, 5.74) is 0.422. The van der Waals surface area contributed by atoms with E-state index in [1.165, 1.54) is 12.1 Å². The normalized spacial score (nSPS) is 10.3. The summed E-state index contributed by atoms with van der Waals surface area (Å²) in [4.78, 5) is 17.3. The minimum Gasteiger partial charge on any atom is -0.332 e. The minimum absolute atomic E-state index is 0.0727. The summed E-state index contributed by atoms with van der Waals surface area (Å²) in [5.74, 6) is -0.697. The van der Waals surface area contributed by atoms with E-state index in [9.17, 15) is 14.5 Å². The largest absolute Gasteiger partial charge is 0.332 e. The molecule has 98 valence electrons. The fraction of sp³-hybridized carbons (Fsp3) is 0.0909. The molecule has 19 heavy (non-hydrogen) atoms. The lowest BCUT2D eigenvalue weighted by Crippen LogP contribution is -2.02. The van der Waals surface area contributed by atoms with Crippen LogP contribution in [-0.4, -0.2) is 14.9 Å². The van der Waals surface area contributed by atoms with E-state index in [1.807, 2.05) is 0 Å². The Hall–Kier alpha value is -2.28. The number of nitrogens with one attached hydrogen (secondary N) is 1. The highest BCUT2D eigenvalue weighted by molar-refractivity contribution is 6.28. The Morgan fingerprint density at radius 3 is 2.84 bits per heavy atom. The van der Waals surface area contributed by atoms with Crippen LogP contribution in [0.5, 0.6) is 0 Å². The summed E-state index contributed by atoms with van der Waals surface area (Å²) in [6, 6.07) is 4.43. The van der Waals surface area contributed by atoms with Crippen LogP contribution in [0.4, 0.5) is 21.6 Å². The van der Waals surface area contributed by atoms with Crippen molar-refractivity contribution in [2.75, 3.05) is 5.32 Å². The number of rotatable bonds is 3. The van der Waals surface area contributed by atoms with Gasteiger partial charge < -0.3 is 5.32 Å². The zero-order chi connectivity index (χ0) is 14.0. The zero-order valence-corrected chi connectivity index (χ0v) is 10.5. The quantitative estimate of drug-likeness (QED) is 0.531. The van der Waals surface area contributed by atoms with E-state index in [-0.39, 0.29) is 22.5 Å². The van der Waals surface area contributed by atoms with Gasteiger partial charge in [-0.3, -0.25) is 10.1 Å². The highest BCUT2D eigenvalue weighted by Gasteiger charge is 2.18. The van der Waals surface area contributed by atoms with Gasteiger partial charge >= 0.3 is 5.69 Å². The molecular formula is C11H8ClFN4O2. The van der Waals surface area contributed by atoms with Crippen molar-refractivity contribution >= 4 is 28.8 Å². The van der Waals surface area contributed by atoms with E-state index in [0.717, 1.165) is 11.8 Å². The maximum Gasteiger partial charge on any atom is 0.329 e. The number of nitrogens with zero attached hydrogens (tertiary/aromatic N) is 3. The van der Waals surface area contributed by atoms with Gasteiger partial charge in [0.25, 0.3) is 0 Å². The first-order chi connectivity index (χ1) is 8.97. The lowest BCUT2D eigenvalue weighted by Gasteiger charge is -2.07. The predicted octanol–water partition coefficient (Wildman–Crippen LogP) is 3.23. The van der Waals surface area contributed by atoms with Crippen molar-refractivity contribution in [3.63, 3.8) is 0 Å². The van der Waals surface area contributed by atoms with E-state index in [4.69, 9.17) is 11.6 Å². The van der Waals surface area contributed by atoms with Gasteiger partial charge in [-0.15, -0.1) is 0 Å². The fourth-order valence-corrected chi connectivity index (χ4v) is 1.56. The summed E-state index contributed by atoms with van der Waals surface area (Å²) in [6.45, 7) is 1.73. The van der Waals surface area contributed by atoms with Gasteiger partial charge in [-0.1, -0.05) is 6.07 Å². The molecule has 0 aliphatic heterocycles. The van der Waals surface area contributed by atoms with Gasteiger partial charge in [0.05, 0.1) is 10.6 Å². The number of nitro groups is 1. The first-order valence-corrected chi connectivity index (χ1v) is 5.55. The number of halogens is 2. The Balaban J connectivity index is 2.42. The fourth-order valence-electron chi connectivity index (χ4n) is 1.43. The Bertz CT molecular complexity index is 651. The van der Waals surface area contributed by atoms with Gasteiger partial charge in [0.1, 0.15) is 12.0 Å². The zero-order valence-electron chi connectivity index (χ0n) is 9.72. The van der Waals surface area contributed by atoms with Crippen molar-refractivity contribution in [1.82, 2.24) is 9.97 Å². The van der Waals surface area contributed by atoms with Crippen LogP contribution in [0, 0.1) is 22.9 Å². The molecule has 2 rings (SSSR count). The van der Waals surface area contributed by atoms with Crippen LogP contribution in [0.15, 0.2) is 24.4 Å². The van der Waals surface area contributed by atoms with Crippen LogP contribution in [0.25, 0.3) is 0 Å². The summed E-state index contributed by atoms with van der Waals surface area (Å²) >= 11 is 5.57. The summed E-state index contributed by atoms with van der Waals surface area (Å²) in [5, 5.41) is 13.2. The van der Waals surface area contributed by atoms with E-state index in [1.54, 1.807) is 13.0 Å². The molecule has 0 amide bonds. The monoisotopic (exact) mass is 282 g/mol. The standard InChI is InChI=1S/C11H8ClFN4O2/c1-6-2-3-8(7(13)4-6)15-10-9(17(18)19)5-14-11(12)16-10/h2-5H,1H3,(H,14,15,16). The molecule has 0 atom stereocenters. The Kier molecular flexibility index (Phi) is 3.57. The average molecular weight is 283 g/mol. The molecule has 0 aliphatic carbocycles. The predicted molar refractivity (Wildman–Crippen MR) is 68.1 cm³/mol. The number of hydrogen-bond donors (Lipinski definition) is 1. The van der Waals surface area contributed by atoms with Crippen LogP contribution in [-0.2, 0) is 0 Å². The average Bonchev–Trinajstić information content (AvgIpc) is 2.32. The highest BCUT2D eigenvalue weighted by atomic mass is 35.5. The maximum absolute atomic E-state index is 13.7. The number of aromatic nitrogens is 2. The van der Waals surface area contributed by atoms with Crippen LogP contribution < -0.4 is 5.32 Å². The topological polar surface area (TPSA) is 81.0 Å². The van der Waals surface area contributed by atoms with Crippen LogP contribution >= 0.6 is 11.6 Å². The third-order valence-electron chi connectivity index (χ3n) is 2.31. The number of aryl methyl sites for hydroxylation is 1. The van der Waals surface area contributed by atoms with Gasteiger partial charge in [-0.05, 0) is 36.2 Å². The van der Waals surface area contributed by atoms with Crippen LogP contribution in [0.1, 0.15) is 5.56 Å². The molecule has 0 radical (unpaired) electrons. The molecule has 0 unspecified atom stereocenters. The lowest BCUT2D eigenvalue weighted by molar-refractivity contribution is -0.384. The van der Waals surface area contributed by atoms with Crippen molar-refractivity contribution in [2.24, 2.45) is 0 Å². The molecule has 1 aromatic carbocycles. The second-order valence-electron chi connectivity index (χ2n) is 3.74. The molecule has 2 aromatic rings. The van der Waals surface area contributed by atoms with Gasteiger partial charge in [0, 0.05) is 0 Å². The van der Waals surface area contributed by atoms with Crippen molar-refractivity contribution in [2.45, 2.75) is 6.92 Å². The Morgan fingerprint density at radius 1 is 1.47 bits per heavy atom. The molecular weight excluding hydrogens is 275 g/mol. The number of benzene rings is 1. The molecule has 8 heteroatoms. The SMILES string of the molecule is Cc1ccc(Nc2nc(Cl)ncc2[N+](=O)[O-])c(F)c1. The maximum atomic E-state index is 13.7. The van der Waals surface area contributed by atoms with E-state index in [2.05, 4.69) is 15.3 Å². The van der Waals surface area contributed by atoms with Crippen LogP contribution in [0.3, 0.4) is 0 Å². The smallest absolute Gasteiger partial charge is 0.329 e. The third-order valence-corrected chi connectivity index (χ3v) is 2.50. The molecule has 1 aromatic heterocycles. The molecule has 0 saturated carbocycles. The van der Waals surface area contributed by atoms with Gasteiger partial charge in [0.15, 0.2) is 0 Å². The van der Waals surface area contributed by atoms with Gasteiger partial charge in [0.2, 0.25) is 11.1 Å². The number of anilines is 2. The summed E-state index contributed by atoms with van der Waals surface area (Å²) in [7, 11) is 0. The van der Waals surface area contributed by atoms with E-state index >= 15 is 0 Å². The molecule has 6 nitrogen and oxygen atoms in total. The van der Waals surface area contributed by atoms with Crippen LogP contribution in [0.2, 0.25) is 5.28 Å². The first-order valence-electron chi connectivity index (χ1n) is 5.17. The van der Waals surface area contributed by atoms with Crippen molar-refractivity contribution in [1.29, 1.82) is 0 Å². The van der Waals surface area contributed by atoms with Gasteiger partial charge in [-0.25, -0.2) is 9.37 Å². The summed E-state index contributed by atoms with van der Waals surface area (Å²) in [6.07, 6.45) is 0.962. The molecule has 1 N–H and O–H groups in total. The lowest BCUT2D eigenvalue weighted by atomic mass is 10.2. The minimum atomic E-state index is -0.676. The summed E-state index contributed by atoms with van der Waals surface area (Å²) < 4.78 is 13.7. The number of hydrogen-bond acceptors (Lipinski definition) is 5. The molecule has 0 spiro atoms. The Labute approximate surface area is 112 Å². The van der Waals surface area contributed by atoms with Crippen molar-refractivity contribution in [3.05, 3.63) is 51.2 Å². The molecule has 0 saturated heterocycles. The van der Waals surface area contributed by atoms with Gasteiger partial charge in [-0.2, -0.15) is 4.98 Å². The first kappa shape index (κ1) is 13.2. The molecule has 0 aliphatic rings. The van der Waals surface area contributed by atoms with Crippen molar-refractivity contribution in [3.8, 4) is 0 Å². The third kappa shape index (κ3) is 2.94. The Morgan fingerprint density at radius 2 is 2.21 bits per heavy atom. The van der Waals surface area contributed by atoms with E-state index < -0.39 is 10.7 Å². The molecule has 0 fully saturated rings.